The largest absolute Gasteiger partial charge is 0.493 e. The summed E-state index contributed by atoms with van der Waals surface area (Å²) in [6.07, 6.45) is 4.76. The van der Waals surface area contributed by atoms with Gasteiger partial charge in [0.25, 0.3) is 17.7 Å². The Morgan fingerprint density at radius 3 is 2.55 bits per heavy atom. The van der Waals surface area contributed by atoms with Gasteiger partial charge >= 0.3 is 0 Å². The number of carbonyl (C=O) groups is 3. The second kappa shape index (κ2) is 11.1. The number of aryl methyl sites for hydroxylation is 1. The second-order valence-electron chi connectivity index (χ2n) is 10.7. The SMILES string of the molecule is COc1ccc(N2C(=O)c3cc(C(=O)N4Cc5cnccc5C4=O)ccc3C2C)cc1OC(C)CCc1ccccc1. The van der Waals surface area contributed by atoms with Crippen molar-refractivity contribution < 1.29 is 23.9 Å². The van der Waals surface area contributed by atoms with Crippen LogP contribution in [0.3, 0.4) is 0 Å². The van der Waals surface area contributed by atoms with Gasteiger partial charge in [-0.3, -0.25) is 24.3 Å². The van der Waals surface area contributed by atoms with Crippen LogP contribution >= 0.6 is 0 Å². The first-order valence-electron chi connectivity index (χ1n) is 14.0. The summed E-state index contributed by atoms with van der Waals surface area (Å²) in [5, 5.41) is 0. The van der Waals surface area contributed by atoms with Crippen molar-refractivity contribution in [3.05, 3.63) is 119 Å². The molecule has 2 atom stereocenters. The van der Waals surface area contributed by atoms with E-state index in [1.54, 1.807) is 48.5 Å². The number of benzene rings is 3. The minimum Gasteiger partial charge on any atom is -0.493 e. The number of nitrogens with zero attached hydrogens (tertiary/aromatic N) is 3. The number of rotatable bonds is 8. The molecule has 0 saturated carbocycles. The van der Waals surface area contributed by atoms with Crippen LogP contribution < -0.4 is 14.4 Å². The zero-order chi connectivity index (χ0) is 29.4. The zero-order valence-electron chi connectivity index (χ0n) is 23.7. The fourth-order valence-electron chi connectivity index (χ4n) is 5.69. The maximum absolute atomic E-state index is 13.7. The molecule has 0 saturated heterocycles. The van der Waals surface area contributed by atoms with Crippen LogP contribution in [-0.2, 0) is 13.0 Å². The Hall–Kier alpha value is -4.98. The lowest BCUT2D eigenvalue weighted by Gasteiger charge is -2.24. The number of pyridine rings is 1. The highest BCUT2D eigenvalue weighted by molar-refractivity contribution is 6.15. The van der Waals surface area contributed by atoms with Gasteiger partial charge in [0, 0.05) is 46.4 Å². The Labute approximate surface area is 244 Å². The fraction of sp³-hybridized carbons (Fsp3) is 0.235. The highest BCUT2D eigenvalue weighted by Gasteiger charge is 2.38. The number of aromatic nitrogens is 1. The fourth-order valence-corrected chi connectivity index (χ4v) is 5.69. The van der Waals surface area contributed by atoms with Crippen molar-refractivity contribution in [1.29, 1.82) is 0 Å². The predicted molar refractivity (Wildman–Crippen MR) is 158 cm³/mol. The molecule has 8 heteroatoms. The number of anilines is 1. The summed E-state index contributed by atoms with van der Waals surface area (Å²) in [5.74, 6) is 0.122. The molecule has 0 fully saturated rings. The van der Waals surface area contributed by atoms with Gasteiger partial charge in [-0.1, -0.05) is 36.4 Å². The molecule has 0 spiro atoms. The highest BCUT2D eigenvalue weighted by Crippen LogP contribution is 2.41. The molecule has 1 aromatic heterocycles. The molecular weight excluding hydrogens is 530 g/mol. The quantitative estimate of drug-likeness (QED) is 0.245. The maximum atomic E-state index is 13.7. The third-order valence-corrected chi connectivity index (χ3v) is 7.98. The third kappa shape index (κ3) is 4.89. The van der Waals surface area contributed by atoms with Crippen molar-refractivity contribution in [3.63, 3.8) is 0 Å². The topological polar surface area (TPSA) is 89.0 Å². The molecule has 6 rings (SSSR count). The number of methoxy groups -OCH3 is 1. The predicted octanol–water partition coefficient (Wildman–Crippen LogP) is 6.01. The minimum absolute atomic E-state index is 0.0814. The normalized spacial score (nSPS) is 16.3. The Kier molecular flexibility index (Phi) is 7.20. The average Bonchev–Trinajstić information content (AvgIpc) is 3.48. The number of amides is 3. The van der Waals surface area contributed by atoms with Gasteiger partial charge in [0.2, 0.25) is 0 Å². The maximum Gasteiger partial charge on any atom is 0.261 e. The Morgan fingerprint density at radius 2 is 1.79 bits per heavy atom. The smallest absolute Gasteiger partial charge is 0.261 e. The standard InChI is InChI=1S/C34H31N3O5/c1-21(9-10-23-7-5-4-6-8-23)42-31-18-26(12-14-30(31)41-3)37-22(2)27-13-11-24(17-29(27)34(37)40)32(38)36-20-25-19-35-16-15-28(25)33(36)39/h4-8,11-19,21-22H,9-10,20H2,1-3H3. The molecule has 42 heavy (non-hydrogen) atoms. The van der Waals surface area contributed by atoms with Crippen LogP contribution in [0.25, 0.3) is 0 Å². The number of hydrogen-bond acceptors (Lipinski definition) is 6. The van der Waals surface area contributed by atoms with E-state index < -0.39 is 5.91 Å². The van der Waals surface area contributed by atoms with E-state index in [4.69, 9.17) is 9.47 Å². The lowest BCUT2D eigenvalue weighted by molar-refractivity contribution is 0.0631. The van der Waals surface area contributed by atoms with Crippen LogP contribution in [0.1, 0.15) is 74.1 Å². The molecule has 2 aliphatic rings. The average molecular weight is 562 g/mol. The molecule has 2 aliphatic heterocycles. The summed E-state index contributed by atoms with van der Waals surface area (Å²) < 4.78 is 11.9. The molecular formula is C34H31N3O5. The van der Waals surface area contributed by atoms with Crippen molar-refractivity contribution in [2.45, 2.75) is 45.4 Å². The van der Waals surface area contributed by atoms with E-state index in [-0.39, 0.29) is 36.1 Å². The molecule has 212 valence electrons. The van der Waals surface area contributed by atoms with E-state index in [0.717, 1.165) is 18.4 Å². The Morgan fingerprint density at radius 1 is 0.976 bits per heavy atom. The van der Waals surface area contributed by atoms with Crippen LogP contribution in [0, 0.1) is 0 Å². The van der Waals surface area contributed by atoms with Crippen molar-refractivity contribution >= 4 is 23.4 Å². The molecule has 0 radical (unpaired) electrons. The lowest BCUT2D eigenvalue weighted by atomic mass is 10.0. The van der Waals surface area contributed by atoms with Crippen LogP contribution in [0.5, 0.6) is 11.5 Å². The van der Waals surface area contributed by atoms with E-state index in [2.05, 4.69) is 17.1 Å². The van der Waals surface area contributed by atoms with Crippen molar-refractivity contribution in [3.8, 4) is 11.5 Å². The van der Waals surface area contributed by atoms with Crippen LogP contribution in [-0.4, -0.2) is 40.8 Å². The van der Waals surface area contributed by atoms with Gasteiger partial charge in [0.05, 0.1) is 25.8 Å². The van der Waals surface area contributed by atoms with E-state index in [1.807, 2.05) is 44.2 Å². The molecule has 3 heterocycles. The molecule has 8 nitrogen and oxygen atoms in total. The number of hydrogen-bond donors (Lipinski definition) is 0. The second-order valence-corrected chi connectivity index (χ2v) is 10.7. The number of carbonyl (C=O) groups excluding carboxylic acids is 3. The summed E-state index contributed by atoms with van der Waals surface area (Å²) >= 11 is 0. The van der Waals surface area contributed by atoms with Crippen molar-refractivity contribution in [2.24, 2.45) is 0 Å². The van der Waals surface area contributed by atoms with Gasteiger partial charge in [0.1, 0.15) is 0 Å². The number of fused-ring (bicyclic) bond motifs is 2. The summed E-state index contributed by atoms with van der Waals surface area (Å²) in [6, 6.07) is 22.2. The number of imide groups is 1. The molecule has 2 unspecified atom stereocenters. The minimum atomic E-state index is -0.442. The Balaban J connectivity index is 1.21. The first-order valence-corrected chi connectivity index (χ1v) is 14.0. The summed E-state index contributed by atoms with van der Waals surface area (Å²) in [7, 11) is 1.59. The number of ether oxygens (including phenoxy) is 2. The molecule has 3 amide bonds. The first kappa shape index (κ1) is 27.2. The van der Waals surface area contributed by atoms with Crippen LogP contribution in [0.15, 0.2) is 85.2 Å². The molecule has 0 aliphatic carbocycles. The summed E-state index contributed by atoms with van der Waals surface area (Å²) in [4.78, 5) is 46.9. The van der Waals surface area contributed by atoms with Crippen LogP contribution in [0.2, 0.25) is 0 Å². The molecule has 0 bridgehead atoms. The van der Waals surface area contributed by atoms with E-state index >= 15 is 0 Å². The van der Waals surface area contributed by atoms with E-state index in [0.29, 0.717) is 33.9 Å². The Bertz CT molecular complexity index is 1690. The van der Waals surface area contributed by atoms with Gasteiger partial charge in [0.15, 0.2) is 11.5 Å². The van der Waals surface area contributed by atoms with Gasteiger partial charge in [-0.25, -0.2) is 0 Å². The van der Waals surface area contributed by atoms with Gasteiger partial charge < -0.3 is 14.4 Å². The van der Waals surface area contributed by atoms with Crippen LogP contribution in [0.4, 0.5) is 5.69 Å². The van der Waals surface area contributed by atoms with Gasteiger partial charge in [-0.15, -0.1) is 0 Å². The summed E-state index contributed by atoms with van der Waals surface area (Å²) in [5.41, 5.74) is 4.63. The van der Waals surface area contributed by atoms with E-state index in [1.165, 1.54) is 16.7 Å². The highest BCUT2D eigenvalue weighted by atomic mass is 16.5. The lowest BCUT2D eigenvalue weighted by Crippen LogP contribution is -2.31. The van der Waals surface area contributed by atoms with E-state index in [9.17, 15) is 14.4 Å². The third-order valence-electron chi connectivity index (χ3n) is 7.98. The molecule has 3 aromatic carbocycles. The summed E-state index contributed by atoms with van der Waals surface area (Å²) in [6.45, 7) is 4.13. The van der Waals surface area contributed by atoms with Gasteiger partial charge in [-0.05, 0) is 68.1 Å². The first-order chi connectivity index (χ1) is 20.4. The van der Waals surface area contributed by atoms with Crippen molar-refractivity contribution in [1.82, 2.24) is 9.88 Å². The molecule has 0 N–H and O–H groups in total. The molecule has 4 aromatic rings. The zero-order valence-corrected chi connectivity index (χ0v) is 23.7. The van der Waals surface area contributed by atoms with Gasteiger partial charge in [-0.2, -0.15) is 0 Å². The monoisotopic (exact) mass is 561 g/mol. The van der Waals surface area contributed by atoms with Crippen molar-refractivity contribution in [2.75, 3.05) is 12.0 Å².